The van der Waals surface area contributed by atoms with Gasteiger partial charge in [-0.25, -0.2) is 0 Å². The maximum absolute atomic E-state index is 12.5. The van der Waals surface area contributed by atoms with E-state index in [-0.39, 0.29) is 17.1 Å². The molecule has 0 fully saturated rings. The second kappa shape index (κ2) is 9.26. The van der Waals surface area contributed by atoms with E-state index in [1.54, 1.807) is 12.1 Å². The minimum absolute atomic E-state index is 0.0279. The smallest absolute Gasteiger partial charge is 0.251 e. The molecule has 148 valence electrons. The normalized spacial score (nSPS) is 15.9. The van der Waals surface area contributed by atoms with Gasteiger partial charge in [0, 0.05) is 23.5 Å². The van der Waals surface area contributed by atoms with Gasteiger partial charge in [0.15, 0.2) is 0 Å². The van der Waals surface area contributed by atoms with Gasteiger partial charge < -0.3 is 10.6 Å². The lowest BCUT2D eigenvalue weighted by Gasteiger charge is -2.21. The predicted molar refractivity (Wildman–Crippen MR) is 115 cm³/mol. The highest BCUT2D eigenvalue weighted by molar-refractivity contribution is 8.00. The largest absolute Gasteiger partial charge is 0.348 e. The summed E-state index contributed by atoms with van der Waals surface area (Å²) in [6.07, 6.45) is 0. The Morgan fingerprint density at radius 3 is 2.46 bits per heavy atom. The topological polar surface area (TPSA) is 61.4 Å². The van der Waals surface area contributed by atoms with Crippen LogP contribution in [0.2, 0.25) is 0 Å². The van der Waals surface area contributed by atoms with Crippen LogP contribution in [0.25, 0.3) is 0 Å². The van der Waals surface area contributed by atoms with Crippen LogP contribution in [0, 0.1) is 0 Å². The van der Waals surface area contributed by atoms with Crippen LogP contribution >= 0.6 is 11.8 Å². The van der Waals surface area contributed by atoms with Gasteiger partial charge in [0.05, 0.1) is 10.9 Å². The molecule has 2 amide bonds. The van der Waals surface area contributed by atoms with Crippen LogP contribution in [0.3, 0.4) is 0 Å². The van der Waals surface area contributed by atoms with Crippen LogP contribution in [0.1, 0.15) is 42.3 Å². The summed E-state index contributed by atoms with van der Waals surface area (Å²) in [5, 5.41) is 5.71. The highest BCUT2D eigenvalue weighted by Gasteiger charge is 2.23. The Bertz CT molecular complexity index is 847. The zero-order valence-electron chi connectivity index (χ0n) is 16.6. The maximum atomic E-state index is 12.5. The van der Waals surface area contributed by atoms with Crippen LogP contribution in [0.15, 0.2) is 47.4 Å². The molecule has 6 heteroatoms. The molecular weight excluding hydrogens is 370 g/mol. The molecule has 28 heavy (non-hydrogen) atoms. The fourth-order valence-corrected chi connectivity index (χ4v) is 4.03. The highest BCUT2D eigenvalue weighted by Crippen LogP contribution is 2.35. The van der Waals surface area contributed by atoms with E-state index >= 15 is 0 Å². The number of amides is 2. The lowest BCUT2D eigenvalue weighted by Crippen LogP contribution is -2.27. The third-order valence-corrected chi connectivity index (χ3v) is 6.13. The molecule has 0 aliphatic carbocycles. The van der Waals surface area contributed by atoms with E-state index in [0.717, 1.165) is 30.1 Å². The van der Waals surface area contributed by atoms with Crippen molar-refractivity contribution in [2.24, 2.45) is 0 Å². The molecule has 5 nitrogen and oxygen atoms in total. The van der Waals surface area contributed by atoms with E-state index in [4.69, 9.17) is 0 Å². The summed E-state index contributed by atoms with van der Waals surface area (Å²) in [6.45, 7) is 9.69. The number of rotatable bonds is 7. The number of anilines is 1. The van der Waals surface area contributed by atoms with Crippen LogP contribution in [0.5, 0.6) is 0 Å². The van der Waals surface area contributed by atoms with Crippen LogP contribution in [-0.4, -0.2) is 35.1 Å². The molecule has 2 aromatic carbocycles. The van der Waals surface area contributed by atoms with Gasteiger partial charge in [-0.05, 0) is 49.3 Å². The molecule has 2 N–H and O–H groups in total. The fourth-order valence-electron chi connectivity index (χ4n) is 3.10. The number of carbonyl (C=O) groups excluding carboxylic acids is 2. The number of nitrogens with one attached hydrogen (secondary N) is 2. The maximum Gasteiger partial charge on any atom is 0.251 e. The third kappa shape index (κ3) is 4.94. The molecule has 0 spiro atoms. The van der Waals surface area contributed by atoms with Crippen LogP contribution in [-0.2, 0) is 17.9 Å². The van der Waals surface area contributed by atoms with E-state index in [1.165, 1.54) is 17.3 Å². The Labute approximate surface area is 170 Å². The average Bonchev–Trinajstić information content (AvgIpc) is 2.71. The molecule has 0 unspecified atom stereocenters. The Hall–Kier alpha value is -2.31. The Balaban J connectivity index is 1.58. The van der Waals surface area contributed by atoms with Crippen molar-refractivity contribution in [2.75, 3.05) is 18.4 Å². The number of hydrogen-bond donors (Lipinski definition) is 2. The summed E-state index contributed by atoms with van der Waals surface area (Å²) in [6, 6.07) is 13.8. The molecule has 1 aliphatic heterocycles. The summed E-state index contributed by atoms with van der Waals surface area (Å²) in [5.41, 5.74) is 3.59. The molecule has 0 saturated heterocycles. The minimum Gasteiger partial charge on any atom is -0.348 e. The monoisotopic (exact) mass is 397 g/mol. The molecule has 0 saturated carbocycles. The molecule has 1 atom stereocenters. The first kappa shape index (κ1) is 20.4. The van der Waals surface area contributed by atoms with Gasteiger partial charge in [-0.3, -0.25) is 14.5 Å². The number of hydrogen-bond acceptors (Lipinski definition) is 4. The number of benzene rings is 2. The van der Waals surface area contributed by atoms with E-state index in [2.05, 4.69) is 53.6 Å². The average molecular weight is 398 g/mol. The van der Waals surface area contributed by atoms with Crippen molar-refractivity contribution in [1.82, 2.24) is 10.2 Å². The second-order valence-corrected chi connectivity index (χ2v) is 8.30. The lowest BCUT2D eigenvalue weighted by atomic mass is 10.1. The highest BCUT2D eigenvalue weighted by atomic mass is 32.2. The van der Waals surface area contributed by atoms with Crippen molar-refractivity contribution >= 4 is 29.3 Å². The number of fused-ring (bicyclic) bond motifs is 1. The second-order valence-electron chi connectivity index (χ2n) is 6.92. The van der Waals surface area contributed by atoms with Gasteiger partial charge in [-0.1, -0.05) is 38.1 Å². The van der Waals surface area contributed by atoms with Gasteiger partial charge in [0.2, 0.25) is 5.91 Å². The molecule has 2 aromatic rings. The molecule has 0 radical (unpaired) electrons. The van der Waals surface area contributed by atoms with Crippen LogP contribution in [0.4, 0.5) is 5.69 Å². The summed E-state index contributed by atoms with van der Waals surface area (Å²) in [7, 11) is 0. The summed E-state index contributed by atoms with van der Waals surface area (Å²) >= 11 is 1.51. The standard InChI is InChI=1S/C22H27N3O2S/c1-4-25(5-2)14-17-8-6-16(7-9-17)13-23-22(27)18-10-11-20-19(12-18)24-21(26)15(3)28-20/h6-12,15H,4-5,13-14H2,1-3H3,(H,23,27)(H,24,26)/t15-/m0/s1. The number of carbonyl (C=O) groups is 2. The van der Waals surface area contributed by atoms with Crippen molar-refractivity contribution in [2.45, 2.75) is 44.0 Å². The molecule has 1 aliphatic rings. The molecular formula is C22H27N3O2S. The van der Waals surface area contributed by atoms with Gasteiger partial charge >= 0.3 is 0 Å². The van der Waals surface area contributed by atoms with Gasteiger partial charge in [-0.2, -0.15) is 0 Å². The Morgan fingerprint density at radius 2 is 1.79 bits per heavy atom. The first-order valence-electron chi connectivity index (χ1n) is 9.70. The molecule has 3 rings (SSSR count). The van der Waals surface area contributed by atoms with Crippen molar-refractivity contribution in [1.29, 1.82) is 0 Å². The van der Waals surface area contributed by atoms with Crippen molar-refractivity contribution in [3.63, 3.8) is 0 Å². The van der Waals surface area contributed by atoms with E-state index in [0.29, 0.717) is 17.8 Å². The lowest BCUT2D eigenvalue weighted by molar-refractivity contribution is -0.115. The third-order valence-electron chi connectivity index (χ3n) is 4.95. The Morgan fingerprint density at radius 1 is 1.11 bits per heavy atom. The zero-order chi connectivity index (χ0) is 20.1. The number of nitrogens with zero attached hydrogens (tertiary/aromatic N) is 1. The molecule has 0 bridgehead atoms. The van der Waals surface area contributed by atoms with Crippen molar-refractivity contribution in [3.05, 3.63) is 59.2 Å². The first-order chi connectivity index (χ1) is 13.5. The summed E-state index contributed by atoms with van der Waals surface area (Å²) < 4.78 is 0. The summed E-state index contributed by atoms with van der Waals surface area (Å²) in [4.78, 5) is 27.7. The van der Waals surface area contributed by atoms with Crippen molar-refractivity contribution < 1.29 is 9.59 Å². The van der Waals surface area contributed by atoms with E-state index < -0.39 is 0 Å². The van der Waals surface area contributed by atoms with Gasteiger partial charge in [-0.15, -0.1) is 11.8 Å². The molecule has 0 aromatic heterocycles. The van der Waals surface area contributed by atoms with Gasteiger partial charge in [0.1, 0.15) is 0 Å². The first-order valence-corrected chi connectivity index (χ1v) is 10.6. The van der Waals surface area contributed by atoms with Crippen LogP contribution < -0.4 is 10.6 Å². The van der Waals surface area contributed by atoms with Crippen molar-refractivity contribution in [3.8, 4) is 0 Å². The Kier molecular flexibility index (Phi) is 6.75. The fraction of sp³-hybridized carbons (Fsp3) is 0.364. The van der Waals surface area contributed by atoms with E-state index in [9.17, 15) is 9.59 Å². The van der Waals surface area contributed by atoms with E-state index in [1.807, 2.05) is 13.0 Å². The molecule has 1 heterocycles. The minimum atomic E-state index is -0.145. The quantitative estimate of drug-likeness (QED) is 0.744. The summed E-state index contributed by atoms with van der Waals surface area (Å²) in [5.74, 6) is -0.173. The SMILES string of the molecule is CCN(CC)Cc1ccc(CNC(=O)c2ccc3c(c2)NC(=O)[C@H](C)S3)cc1. The van der Waals surface area contributed by atoms with Gasteiger partial charge in [0.25, 0.3) is 5.91 Å². The predicted octanol–water partition coefficient (Wildman–Crippen LogP) is 3.89. The number of thioether (sulfide) groups is 1. The zero-order valence-corrected chi connectivity index (χ0v) is 17.4.